The van der Waals surface area contributed by atoms with Crippen LogP contribution in [0.25, 0.3) is 0 Å². The number of ether oxygens (including phenoxy) is 1. The standard InChI is InChI=1S/C18H26N2OS/c1-3-21-16-8-5-13(6-9-16)12-20(2)18(22)19-17-11-14-4-7-15(17)10-14/h5-6,8-9,14-15,17H,3-4,7,10-12H2,1-2H3,(H,19,22)/t14-,15+,17-/m0/s1. The van der Waals surface area contributed by atoms with Crippen molar-refractivity contribution in [2.75, 3.05) is 13.7 Å². The van der Waals surface area contributed by atoms with Gasteiger partial charge in [0.1, 0.15) is 5.75 Å². The second kappa shape index (κ2) is 6.86. The predicted octanol–water partition coefficient (Wildman–Crippen LogP) is 3.58. The van der Waals surface area contributed by atoms with Crippen LogP contribution in [0.1, 0.15) is 38.2 Å². The summed E-state index contributed by atoms with van der Waals surface area (Å²) in [6.07, 6.45) is 5.52. The number of benzene rings is 1. The van der Waals surface area contributed by atoms with Gasteiger partial charge in [0.15, 0.2) is 5.11 Å². The molecular weight excluding hydrogens is 292 g/mol. The van der Waals surface area contributed by atoms with Gasteiger partial charge in [-0.2, -0.15) is 0 Å². The number of fused-ring (bicyclic) bond motifs is 2. The van der Waals surface area contributed by atoms with Crippen LogP contribution in [0.2, 0.25) is 0 Å². The van der Waals surface area contributed by atoms with Gasteiger partial charge in [0.25, 0.3) is 0 Å². The van der Waals surface area contributed by atoms with Gasteiger partial charge in [-0.05, 0) is 67.9 Å². The van der Waals surface area contributed by atoms with Crippen LogP contribution in [-0.2, 0) is 6.54 Å². The van der Waals surface area contributed by atoms with Gasteiger partial charge >= 0.3 is 0 Å². The van der Waals surface area contributed by atoms with Crippen LogP contribution in [-0.4, -0.2) is 29.7 Å². The third-order valence-corrected chi connectivity index (χ3v) is 5.48. The lowest BCUT2D eigenvalue weighted by Crippen LogP contribution is -2.44. The van der Waals surface area contributed by atoms with Crippen LogP contribution in [0.5, 0.6) is 5.75 Å². The molecule has 22 heavy (non-hydrogen) atoms. The first-order chi connectivity index (χ1) is 10.7. The minimum absolute atomic E-state index is 0.606. The van der Waals surface area contributed by atoms with Crippen LogP contribution < -0.4 is 10.1 Å². The van der Waals surface area contributed by atoms with Gasteiger partial charge < -0.3 is 15.0 Å². The lowest BCUT2D eigenvalue weighted by atomic mass is 9.95. The molecule has 120 valence electrons. The molecular formula is C18H26N2OS. The van der Waals surface area contributed by atoms with Crippen molar-refractivity contribution in [3.05, 3.63) is 29.8 Å². The molecule has 0 spiro atoms. The quantitative estimate of drug-likeness (QED) is 0.839. The van der Waals surface area contributed by atoms with E-state index in [1.54, 1.807) is 0 Å². The van der Waals surface area contributed by atoms with Gasteiger partial charge in [-0.25, -0.2) is 0 Å². The lowest BCUT2D eigenvalue weighted by molar-refractivity contribution is 0.340. The second-order valence-corrected chi connectivity index (χ2v) is 7.05. The molecule has 0 heterocycles. The average molecular weight is 318 g/mol. The Morgan fingerprint density at radius 3 is 2.64 bits per heavy atom. The highest BCUT2D eigenvalue weighted by Gasteiger charge is 2.39. The summed E-state index contributed by atoms with van der Waals surface area (Å²) in [5.74, 6) is 2.72. The summed E-state index contributed by atoms with van der Waals surface area (Å²) >= 11 is 5.59. The topological polar surface area (TPSA) is 24.5 Å². The van der Waals surface area contributed by atoms with Crippen molar-refractivity contribution in [1.29, 1.82) is 0 Å². The van der Waals surface area contributed by atoms with Crippen LogP contribution in [0.4, 0.5) is 0 Å². The van der Waals surface area contributed by atoms with Crippen molar-refractivity contribution < 1.29 is 4.74 Å². The summed E-state index contributed by atoms with van der Waals surface area (Å²) in [5, 5.41) is 4.48. The fraction of sp³-hybridized carbons (Fsp3) is 0.611. The van der Waals surface area contributed by atoms with E-state index < -0.39 is 0 Å². The highest BCUT2D eigenvalue weighted by Crippen LogP contribution is 2.44. The fourth-order valence-corrected chi connectivity index (χ4v) is 4.11. The van der Waals surface area contributed by atoms with Crippen LogP contribution >= 0.6 is 12.2 Å². The van der Waals surface area contributed by atoms with E-state index in [4.69, 9.17) is 17.0 Å². The van der Waals surface area contributed by atoms with Gasteiger partial charge in [0.05, 0.1) is 6.61 Å². The van der Waals surface area contributed by atoms with Crippen LogP contribution in [0.15, 0.2) is 24.3 Å². The highest BCUT2D eigenvalue weighted by atomic mass is 32.1. The number of hydrogen-bond donors (Lipinski definition) is 1. The third kappa shape index (κ3) is 3.54. The van der Waals surface area contributed by atoms with Crippen molar-refractivity contribution in [2.24, 2.45) is 11.8 Å². The van der Waals surface area contributed by atoms with Crippen molar-refractivity contribution in [3.8, 4) is 5.75 Å². The van der Waals surface area contributed by atoms with Crippen LogP contribution in [0, 0.1) is 11.8 Å². The third-order valence-electron chi connectivity index (χ3n) is 5.05. The zero-order chi connectivity index (χ0) is 15.5. The smallest absolute Gasteiger partial charge is 0.169 e. The first kappa shape index (κ1) is 15.6. The molecule has 2 aliphatic rings. The van der Waals surface area contributed by atoms with Crippen molar-refractivity contribution in [2.45, 2.75) is 45.2 Å². The molecule has 0 aliphatic heterocycles. The molecule has 2 fully saturated rings. The molecule has 2 saturated carbocycles. The predicted molar refractivity (Wildman–Crippen MR) is 94.0 cm³/mol. The number of thiocarbonyl (C=S) groups is 1. The van der Waals surface area contributed by atoms with E-state index >= 15 is 0 Å². The Morgan fingerprint density at radius 2 is 2.05 bits per heavy atom. The monoisotopic (exact) mass is 318 g/mol. The molecule has 1 aromatic carbocycles. The zero-order valence-corrected chi connectivity index (χ0v) is 14.4. The van der Waals surface area contributed by atoms with E-state index in [0.29, 0.717) is 12.6 Å². The van der Waals surface area contributed by atoms with E-state index in [-0.39, 0.29) is 0 Å². The fourth-order valence-electron chi connectivity index (χ4n) is 3.89. The lowest BCUT2D eigenvalue weighted by Gasteiger charge is -2.28. The SMILES string of the molecule is CCOc1ccc(CN(C)C(=S)N[C@H]2C[C@H]3CC[C@@H]2C3)cc1. The molecule has 2 aliphatic carbocycles. The maximum absolute atomic E-state index is 5.59. The molecule has 3 atom stereocenters. The van der Waals surface area contributed by atoms with Crippen molar-refractivity contribution in [1.82, 2.24) is 10.2 Å². The van der Waals surface area contributed by atoms with Crippen molar-refractivity contribution in [3.63, 3.8) is 0 Å². The molecule has 0 saturated heterocycles. The Kier molecular flexibility index (Phi) is 4.87. The Hall–Kier alpha value is -1.29. The van der Waals surface area contributed by atoms with E-state index in [0.717, 1.165) is 29.2 Å². The van der Waals surface area contributed by atoms with Crippen molar-refractivity contribution >= 4 is 17.3 Å². The molecule has 0 unspecified atom stereocenters. The Balaban J connectivity index is 1.50. The second-order valence-electron chi connectivity index (χ2n) is 6.66. The maximum atomic E-state index is 5.59. The molecule has 1 aromatic rings. The molecule has 0 aromatic heterocycles. The van der Waals surface area contributed by atoms with Gasteiger partial charge in [0.2, 0.25) is 0 Å². The average Bonchev–Trinajstić information content (AvgIpc) is 3.12. The molecule has 0 radical (unpaired) electrons. The summed E-state index contributed by atoms with van der Waals surface area (Å²) in [4.78, 5) is 2.14. The number of nitrogens with one attached hydrogen (secondary N) is 1. The number of nitrogens with zero attached hydrogens (tertiary/aromatic N) is 1. The Bertz CT molecular complexity index is 516. The summed E-state index contributed by atoms with van der Waals surface area (Å²) in [6, 6.07) is 8.88. The summed E-state index contributed by atoms with van der Waals surface area (Å²) in [7, 11) is 2.07. The molecule has 2 bridgehead atoms. The number of rotatable bonds is 5. The summed E-state index contributed by atoms with van der Waals surface area (Å²) < 4.78 is 5.48. The maximum Gasteiger partial charge on any atom is 0.169 e. The Morgan fingerprint density at radius 1 is 1.27 bits per heavy atom. The summed E-state index contributed by atoms with van der Waals surface area (Å²) in [6.45, 7) is 3.54. The van der Waals surface area contributed by atoms with E-state index in [2.05, 4.69) is 29.4 Å². The first-order valence-electron chi connectivity index (χ1n) is 8.39. The van der Waals surface area contributed by atoms with E-state index in [9.17, 15) is 0 Å². The summed E-state index contributed by atoms with van der Waals surface area (Å²) in [5.41, 5.74) is 1.25. The number of hydrogen-bond acceptors (Lipinski definition) is 2. The normalized spacial score (nSPS) is 26.0. The Labute approximate surface area is 139 Å². The van der Waals surface area contributed by atoms with Gasteiger partial charge in [-0.1, -0.05) is 18.6 Å². The zero-order valence-electron chi connectivity index (χ0n) is 13.5. The van der Waals surface area contributed by atoms with Gasteiger partial charge in [-0.15, -0.1) is 0 Å². The van der Waals surface area contributed by atoms with E-state index in [1.807, 2.05) is 19.1 Å². The molecule has 4 heteroatoms. The van der Waals surface area contributed by atoms with Gasteiger partial charge in [-0.3, -0.25) is 0 Å². The molecule has 0 amide bonds. The minimum Gasteiger partial charge on any atom is -0.494 e. The molecule has 3 nitrogen and oxygen atoms in total. The molecule has 3 rings (SSSR count). The first-order valence-corrected chi connectivity index (χ1v) is 8.80. The van der Waals surface area contributed by atoms with Gasteiger partial charge in [0, 0.05) is 19.6 Å². The van der Waals surface area contributed by atoms with E-state index in [1.165, 1.54) is 31.2 Å². The molecule has 1 N–H and O–H groups in total. The minimum atomic E-state index is 0.606. The highest BCUT2D eigenvalue weighted by molar-refractivity contribution is 7.80. The largest absolute Gasteiger partial charge is 0.494 e. The van der Waals surface area contributed by atoms with Crippen LogP contribution in [0.3, 0.4) is 0 Å².